The average molecular weight is 1050 g/mol. The van der Waals surface area contributed by atoms with Crippen LogP contribution in [0.4, 0.5) is 46.0 Å². The Morgan fingerprint density at radius 3 is 1.24 bits per heavy atom. The summed E-state index contributed by atoms with van der Waals surface area (Å²) in [6.45, 7) is 35.6. The van der Waals surface area contributed by atoms with Crippen molar-refractivity contribution >= 4 is 40.8 Å². The molecule has 3 aromatic rings. The van der Waals surface area contributed by atoms with Crippen LogP contribution in [-0.2, 0) is 20.4 Å². The van der Waals surface area contributed by atoms with Crippen molar-refractivity contribution < 1.29 is 47.8 Å². The van der Waals surface area contributed by atoms with E-state index in [2.05, 4.69) is 97.0 Å². The number of nitrogens with zero attached hydrogens (tertiary/aromatic N) is 8. The third kappa shape index (κ3) is 22.4. The molecule has 3 saturated heterocycles. The van der Waals surface area contributed by atoms with E-state index in [0.717, 1.165) is 89.3 Å². The van der Waals surface area contributed by atoms with E-state index in [1.165, 1.54) is 50.9 Å². The Kier molecular flexibility index (Phi) is 32.9. The molecule has 0 bridgehead atoms. The fourth-order valence-electron chi connectivity index (χ4n) is 7.05. The van der Waals surface area contributed by atoms with Crippen LogP contribution >= 0.6 is 12.4 Å². The maximum atomic E-state index is 13.6. The Bertz CT molecular complexity index is 1810. The van der Waals surface area contributed by atoms with Crippen LogP contribution in [0, 0.1) is 50.9 Å². The van der Waals surface area contributed by atoms with Crippen molar-refractivity contribution in [2.75, 3.05) is 114 Å². The van der Waals surface area contributed by atoms with Crippen molar-refractivity contribution in [1.82, 2.24) is 24.9 Å². The molecule has 0 unspecified atom stereocenters. The predicted molar refractivity (Wildman–Crippen MR) is 261 cm³/mol. The summed E-state index contributed by atoms with van der Waals surface area (Å²) < 4.78 is 51.5. The Morgan fingerprint density at radius 1 is 0.591 bits per heavy atom. The first-order valence-corrected chi connectivity index (χ1v) is 22.1. The van der Waals surface area contributed by atoms with Gasteiger partial charge in [-0.25, -0.2) is 8.78 Å². The molecule has 0 amide bonds. The van der Waals surface area contributed by atoms with E-state index in [0.29, 0.717) is 23.8 Å². The van der Waals surface area contributed by atoms with Gasteiger partial charge in [0.2, 0.25) is 11.6 Å². The zero-order valence-electron chi connectivity index (χ0n) is 40.6. The minimum atomic E-state index is -1.16. The van der Waals surface area contributed by atoms with E-state index in [1.807, 2.05) is 6.07 Å². The Labute approximate surface area is 411 Å². The molecule has 3 aliphatic heterocycles. The number of nitro groups is 2. The molecule has 0 aromatic heterocycles. The molecule has 0 spiro atoms. The van der Waals surface area contributed by atoms with Gasteiger partial charge in [0.1, 0.15) is 11.6 Å². The van der Waals surface area contributed by atoms with Gasteiger partial charge in [-0.05, 0) is 91.5 Å². The minimum absolute atomic E-state index is 0. The Morgan fingerprint density at radius 2 is 0.939 bits per heavy atom. The minimum Gasteiger partial charge on any atom is -0.396 e. The molecule has 3 N–H and O–H groups in total. The van der Waals surface area contributed by atoms with E-state index in [9.17, 15) is 37.8 Å². The van der Waals surface area contributed by atoms with Crippen molar-refractivity contribution in [2.24, 2.45) is 0 Å². The van der Waals surface area contributed by atoms with Crippen LogP contribution in [0.25, 0.3) is 0 Å². The maximum absolute atomic E-state index is 13.6. The van der Waals surface area contributed by atoms with Crippen molar-refractivity contribution in [1.29, 1.82) is 0 Å². The van der Waals surface area contributed by atoms with Crippen LogP contribution in [-0.4, -0.2) is 146 Å². The first-order chi connectivity index (χ1) is 29.8. The molecule has 3 aromatic carbocycles. The summed E-state index contributed by atoms with van der Waals surface area (Å²) in [5.41, 5.74) is 6.16. The van der Waals surface area contributed by atoms with Gasteiger partial charge in [-0.1, -0.05) is 20.8 Å². The zero-order valence-corrected chi connectivity index (χ0v) is 42.9. The fourth-order valence-corrected chi connectivity index (χ4v) is 7.05. The molecule has 3 fully saturated rings. The summed E-state index contributed by atoms with van der Waals surface area (Å²) >= 11 is 0. The topological polar surface area (TPSA) is 144 Å². The molecule has 0 saturated carbocycles. The summed E-state index contributed by atoms with van der Waals surface area (Å²) in [6.07, 6.45) is 0. The molecule has 0 atom stereocenters. The standard InChI is InChI=1S/C13H18FN3O2.C13H20FN3.C7H16N2.C6H3F2NO2.C6H15N.CH3.ClH.Pd/c1-10(2)15-5-7-16(8-6-15)11-3-4-13(17(18)19)12(14)9-11;1-10(2)16-5-7-17(8-6-16)11-3-4-13(15)12(14)9-11;1-7(2)9-5-3-8-4-6-9;7-4-1-2-6(9(10)11)5(8)3-4;1-4-7(5-2)6-3;;;/h3-4,9-10H,5-8H2,1-2H3;3-4,9-10H,5-8,15H2,1-2H3;7-8H,3-6H2,1-2H3;1-3H;4-6H2,1-3H3;1H3;1H;/q;;;;;-1;;. The largest absolute Gasteiger partial charge is 0.396 e. The van der Waals surface area contributed by atoms with Gasteiger partial charge in [0.15, 0.2) is 0 Å². The third-order valence-corrected chi connectivity index (χ3v) is 11.3. The summed E-state index contributed by atoms with van der Waals surface area (Å²) in [5, 5.41) is 23.9. The van der Waals surface area contributed by atoms with Crippen molar-refractivity contribution in [2.45, 2.75) is 80.4 Å². The monoisotopic (exact) mass is 1050 g/mol. The van der Waals surface area contributed by atoms with Crippen LogP contribution in [0.3, 0.4) is 0 Å². The molecular weight excluding hydrogens is 974 g/mol. The van der Waals surface area contributed by atoms with E-state index in [-0.39, 0.29) is 51.8 Å². The smallest absolute Gasteiger partial charge is 0.304 e. The van der Waals surface area contributed by atoms with Crippen molar-refractivity contribution in [3.05, 3.63) is 106 Å². The van der Waals surface area contributed by atoms with Gasteiger partial charge in [-0.2, -0.15) is 8.78 Å². The first-order valence-electron chi connectivity index (χ1n) is 22.1. The van der Waals surface area contributed by atoms with Gasteiger partial charge in [0.25, 0.3) is 0 Å². The summed E-state index contributed by atoms with van der Waals surface area (Å²) in [5.74, 6) is -3.08. The summed E-state index contributed by atoms with van der Waals surface area (Å²) in [4.78, 5) is 32.9. The van der Waals surface area contributed by atoms with Crippen LogP contribution < -0.4 is 20.9 Å². The van der Waals surface area contributed by atoms with Crippen molar-refractivity contribution in [3.8, 4) is 0 Å². The second-order valence-corrected chi connectivity index (χ2v) is 16.2. The first kappa shape index (κ1) is 64.4. The number of piperazine rings is 3. The molecule has 0 aliphatic carbocycles. The second-order valence-electron chi connectivity index (χ2n) is 16.2. The number of nitrogens with one attached hydrogen (secondary N) is 1. The molecular formula is C46H76ClF4N10O4Pd-. The fraction of sp³-hybridized carbons (Fsp3) is 0.587. The van der Waals surface area contributed by atoms with E-state index >= 15 is 0 Å². The number of hydrogen-bond acceptors (Lipinski definition) is 12. The van der Waals surface area contributed by atoms with Gasteiger partial charge < -0.3 is 33.2 Å². The molecule has 3 heterocycles. The third-order valence-electron chi connectivity index (χ3n) is 11.3. The number of hydrogen-bond donors (Lipinski definition) is 2. The molecule has 66 heavy (non-hydrogen) atoms. The van der Waals surface area contributed by atoms with E-state index < -0.39 is 38.7 Å². The Balaban J connectivity index is 0. The number of rotatable bonds is 10. The van der Waals surface area contributed by atoms with Crippen LogP contribution in [0.2, 0.25) is 0 Å². The van der Waals surface area contributed by atoms with Gasteiger partial charge in [-0.3, -0.25) is 34.9 Å². The average Bonchev–Trinajstić information content (AvgIpc) is 3.26. The molecule has 3 aliphatic rings. The molecule has 6 rings (SSSR count). The number of nitro benzene ring substituents is 2. The normalized spacial score (nSPS) is 15.3. The molecule has 20 heteroatoms. The zero-order chi connectivity index (χ0) is 47.2. The SMILES string of the molecule is CC(C)N1CCN(c2ccc(N)c(F)c2)CC1.CC(C)N1CCN(c2ccc([N+](=O)[O-])c(F)c2)CC1.CC(C)N1CCNCC1.CCN(CC)CC.Cl.O=[N+]([O-])c1ccc(F)cc1F.[CH3-].[Pd]. The van der Waals surface area contributed by atoms with Crippen LogP contribution in [0.15, 0.2) is 54.6 Å². The molecule has 0 radical (unpaired) electrons. The van der Waals surface area contributed by atoms with Gasteiger partial charge in [-0.15, -0.1) is 12.4 Å². The summed E-state index contributed by atoms with van der Waals surface area (Å²) in [7, 11) is 0. The number of halogens is 5. The van der Waals surface area contributed by atoms with Gasteiger partial charge >= 0.3 is 11.4 Å². The van der Waals surface area contributed by atoms with E-state index in [1.54, 1.807) is 12.1 Å². The van der Waals surface area contributed by atoms with Crippen LogP contribution in [0.5, 0.6) is 0 Å². The van der Waals surface area contributed by atoms with Gasteiger partial charge in [0, 0.05) is 153 Å². The number of nitrogens with two attached hydrogens (primary N) is 1. The Hall–Kier alpha value is -3.67. The molecule has 14 nitrogen and oxygen atoms in total. The summed E-state index contributed by atoms with van der Waals surface area (Å²) in [6, 6.07) is 13.1. The number of anilines is 3. The number of benzene rings is 3. The molecule has 380 valence electrons. The van der Waals surface area contributed by atoms with Gasteiger partial charge in [0.05, 0.1) is 15.5 Å². The van der Waals surface area contributed by atoms with Crippen molar-refractivity contribution in [3.63, 3.8) is 0 Å². The van der Waals surface area contributed by atoms with Crippen LogP contribution in [0.1, 0.15) is 62.3 Å². The maximum Gasteiger partial charge on any atom is 0.304 e. The number of nitrogen functional groups attached to an aromatic ring is 1. The van der Waals surface area contributed by atoms with E-state index in [4.69, 9.17) is 5.73 Å². The second kappa shape index (κ2) is 33.7. The predicted octanol–water partition coefficient (Wildman–Crippen LogP) is 8.59. The quantitative estimate of drug-likeness (QED) is 0.0502.